The first-order valence-electron chi connectivity index (χ1n) is 9.62. The lowest BCUT2D eigenvalue weighted by molar-refractivity contribution is -0.142. The minimum Gasteiger partial charge on any atom is -0.481 e. The first-order valence-corrected chi connectivity index (χ1v) is 9.62. The number of urea groups is 1. The fourth-order valence-electron chi connectivity index (χ4n) is 4.85. The number of benzene rings is 2. The molecule has 148 valence electrons. The molecule has 2 aromatic carbocycles. The molecule has 3 unspecified atom stereocenters. The topological polar surface area (TPSA) is 98.2 Å². The molecule has 3 aliphatic heterocycles. The van der Waals surface area contributed by atoms with Gasteiger partial charge in [-0.05, 0) is 29.3 Å². The number of rotatable bonds is 4. The highest BCUT2D eigenvalue weighted by molar-refractivity contribution is 6.22. The van der Waals surface area contributed by atoms with Gasteiger partial charge in [-0.2, -0.15) is 0 Å². The van der Waals surface area contributed by atoms with Crippen molar-refractivity contribution in [3.8, 4) is 0 Å². The van der Waals surface area contributed by atoms with Crippen LogP contribution in [0.25, 0.3) is 10.8 Å². The maximum absolute atomic E-state index is 13.2. The zero-order valence-corrected chi connectivity index (χ0v) is 15.5. The molecular weight excluding hydrogens is 374 g/mol. The van der Waals surface area contributed by atoms with Gasteiger partial charge in [0.2, 0.25) is 5.91 Å². The highest BCUT2D eigenvalue weighted by Crippen LogP contribution is 2.42. The third-order valence-electron chi connectivity index (χ3n) is 6.13. The summed E-state index contributed by atoms with van der Waals surface area (Å²) in [5.74, 6) is -1.63. The number of piperazine rings is 1. The van der Waals surface area contributed by atoms with Gasteiger partial charge in [-0.3, -0.25) is 14.4 Å². The first-order chi connectivity index (χ1) is 14.0. The summed E-state index contributed by atoms with van der Waals surface area (Å²) in [4.78, 5) is 53.9. The minimum absolute atomic E-state index is 0.0954. The number of carbonyl (C=O) groups is 4. The van der Waals surface area contributed by atoms with Gasteiger partial charge in [0.25, 0.3) is 5.91 Å². The molecule has 8 nitrogen and oxygen atoms in total. The molecule has 4 amide bonds. The van der Waals surface area contributed by atoms with Crippen molar-refractivity contribution in [3.05, 3.63) is 42.5 Å². The number of imide groups is 1. The van der Waals surface area contributed by atoms with Crippen LogP contribution < -0.4 is 4.90 Å². The molecule has 2 bridgehead atoms. The van der Waals surface area contributed by atoms with E-state index in [1.165, 1.54) is 4.90 Å². The molecule has 3 saturated heterocycles. The predicted molar refractivity (Wildman–Crippen MR) is 103 cm³/mol. The Hall–Kier alpha value is -3.42. The maximum atomic E-state index is 13.2. The quantitative estimate of drug-likeness (QED) is 0.799. The second kappa shape index (κ2) is 6.30. The highest BCUT2D eigenvalue weighted by atomic mass is 16.4. The standard InChI is InChI=1S/C21H19N3O5/c25-17(7-8-18(26)27)22-11-15-10-16(22)19-20(28)24(21(29)23(15)19)14-6-5-12-3-1-2-4-13(12)9-14/h1-6,9,15-16,19H,7-8,10-11H2,(H,26,27). The molecule has 3 atom stereocenters. The number of anilines is 1. The molecule has 8 heteroatoms. The van der Waals surface area contributed by atoms with E-state index in [4.69, 9.17) is 5.11 Å². The lowest BCUT2D eigenvalue weighted by Gasteiger charge is -2.34. The van der Waals surface area contributed by atoms with Crippen molar-refractivity contribution in [2.45, 2.75) is 37.4 Å². The SMILES string of the molecule is O=C(O)CCC(=O)N1CC2CC1C1C(=O)N(c3ccc4ccccc4c3)C(=O)N21. The van der Waals surface area contributed by atoms with Crippen LogP contribution in [0.15, 0.2) is 42.5 Å². The molecule has 2 aromatic rings. The van der Waals surface area contributed by atoms with Crippen molar-refractivity contribution in [1.82, 2.24) is 9.80 Å². The van der Waals surface area contributed by atoms with Crippen LogP contribution in [0.4, 0.5) is 10.5 Å². The summed E-state index contributed by atoms with van der Waals surface area (Å²) in [6.45, 7) is 0.351. The summed E-state index contributed by atoms with van der Waals surface area (Å²) < 4.78 is 0. The van der Waals surface area contributed by atoms with Crippen LogP contribution in [0.5, 0.6) is 0 Å². The van der Waals surface area contributed by atoms with E-state index in [1.807, 2.05) is 36.4 Å². The van der Waals surface area contributed by atoms with E-state index in [-0.39, 0.29) is 42.8 Å². The Kier molecular flexibility index (Phi) is 3.84. The predicted octanol–water partition coefficient (Wildman–Crippen LogP) is 1.82. The number of likely N-dealkylation sites (tertiary alicyclic amines) is 1. The Morgan fingerprint density at radius 2 is 1.79 bits per heavy atom. The van der Waals surface area contributed by atoms with Gasteiger partial charge in [0.15, 0.2) is 0 Å². The molecule has 3 aliphatic rings. The Balaban J connectivity index is 1.42. The van der Waals surface area contributed by atoms with E-state index >= 15 is 0 Å². The maximum Gasteiger partial charge on any atom is 0.332 e. The van der Waals surface area contributed by atoms with Crippen molar-refractivity contribution in [2.75, 3.05) is 11.4 Å². The Bertz CT molecular complexity index is 1070. The van der Waals surface area contributed by atoms with Gasteiger partial charge in [-0.1, -0.05) is 30.3 Å². The Labute approximate surface area is 166 Å². The van der Waals surface area contributed by atoms with Crippen molar-refractivity contribution in [3.63, 3.8) is 0 Å². The van der Waals surface area contributed by atoms with Crippen LogP contribution in [-0.4, -0.2) is 63.4 Å². The second-order valence-corrected chi connectivity index (χ2v) is 7.74. The average molecular weight is 393 g/mol. The smallest absolute Gasteiger partial charge is 0.332 e. The summed E-state index contributed by atoms with van der Waals surface area (Å²) in [7, 11) is 0. The Morgan fingerprint density at radius 3 is 2.55 bits per heavy atom. The van der Waals surface area contributed by atoms with Crippen LogP contribution in [0.1, 0.15) is 19.3 Å². The number of hydrogen-bond acceptors (Lipinski definition) is 4. The lowest BCUT2D eigenvalue weighted by atomic mass is 10.1. The number of nitrogens with zero attached hydrogens (tertiary/aromatic N) is 3. The van der Waals surface area contributed by atoms with E-state index < -0.39 is 12.0 Å². The fraction of sp³-hybridized carbons (Fsp3) is 0.333. The minimum atomic E-state index is -1.03. The van der Waals surface area contributed by atoms with Crippen LogP contribution in [-0.2, 0) is 14.4 Å². The number of carboxylic acids is 1. The second-order valence-electron chi connectivity index (χ2n) is 7.74. The average Bonchev–Trinajstić information content (AvgIpc) is 3.37. The molecule has 29 heavy (non-hydrogen) atoms. The van der Waals surface area contributed by atoms with Gasteiger partial charge >= 0.3 is 12.0 Å². The van der Waals surface area contributed by atoms with Crippen molar-refractivity contribution in [1.29, 1.82) is 0 Å². The van der Waals surface area contributed by atoms with E-state index in [9.17, 15) is 19.2 Å². The number of aliphatic carboxylic acids is 1. The van der Waals surface area contributed by atoms with Crippen molar-refractivity contribution >= 4 is 40.3 Å². The van der Waals surface area contributed by atoms with Crippen LogP contribution in [0, 0.1) is 0 Å². The molecule has 0 saturated carbocycles. The molecule has 3 heterocycles. The summed E-state index contributed by atoms with van der Waals surface area (Å²) >= 11 is 0. The Morgan fingerprint density at radius 1 is 1.03 bits per heavy atom. The monoisotopic (exact) mass is 393 g/mol. The molecule has 0 aliphatic carbocycles. The molecule has 0 aromatic heterocycles. The number of carbonyl (C=O) groups excluding carboxylic acids is 3. The van der Waals surface area contributed by atoms with Gasteiger partial charge < -0.3 is 14.9 Å². The number of carboxylic acid groups (broad SMARTS) is 1. The highest BCUT2D eigenvalue weighted by Gasteiger charge is 2.62. The fourth-order valence-corrected chi connectivity index (χ4v) is 4.85. The third kappa shape index (κ3) is 2.59. The van der Waals surface area contributed by atoms with Crippen LogP contribution in [0.3, 0.4) is 0 Å². The van der Waals surface area contributed by atoms with Gasteiger partial charge in [0.1, 0.15) is 6.04 Å². The third-order valence-corrected chi connectivity index (χ3v) is 6.13. The zero-order valence-electron chi connectivity index (χ0n) is 15.5. The zero-order chi connectivity index (χ0) is 20.3. The van der Waals surface area contributed by atoms with E-state index in [2.05, 4.69) is 0 Å². The van der Waals surface area contributed by atoms with Crippen molar-refractivity contribution < 1.29 is 24.3 Å². The van der Waals surface area contributed by atoms with E-state index in [1.54, 1.807) is 15.9 Å². The molecule has 3 fully saturated rings. The number of amides is 4. The summed E-state index contributed by atoms with van der Waals surface area (Å²) in [6.07, 6.45) is 0.228. The van der Waals surface area contributed by atoms with E-state index in [0.29, 0.717) is 18.7 Å². The molecule has 1 N–H and O–H groups in total. The normalized spacial score (nSPS) is 25.2. The van der Waals surface area contributed by atoms with Gasteiger partial charge in [-0.25, -0.2) is 9.69 Å². The van der Waals surface area contributed by atoms with Crippen molar-refractivity contribution in [2.24, 2.45) is 0 Å². The summed E-state index contributed by atoms with van der Waals surface area (Å²) in [5, 5.41) is 10.8. The molecule has 5 rings (SSSR count). The number of fused-ring (bicyclic) bond motifs is 6. The lowest BCUT2D eigenvalue weighted by Crippen LogP contribution is -2.54. The van der Waals surface area contributed by atoms with Gasteiger partial charge in [-0.15, -0.1) is 0 Å². The van der Waals surface area contributed by atoms with Gasteiger partial charge in [0.05, 0.1) is 24.2 Å². The first kappa shape index (κ1) is 17.7. The summed E-state index contributed by atoms with van der Waals surface area (Å²) in [6, 6.07) is 11.6. The van der Waals surface area contributed by atoms with Crippen LogP contribution in [0.2, 0.25) is 0 Å². The largest absolute Gasteiger partial charge is 0.481 e. The summed E-state index contributed by atoms with van der Waals surface area (Å²) in [5.41, 5.74) is 0.524. The molecule has 0 radical (unpaired) electrons. The van der Waals surface area contributed by atoms with Gasteiger partial charge in [0, 0.05) is 13.0 Å². The number of hydrogen-bond donors (Lipinski definition) is 1. The van der Waals surface area contributed by atoms with E-state index in [0.717, 1.165) is 10.8 Å². The van der Waals surface area contributed by atoms with Crippen LogP contribution >= 0.6 is 0 Å². The molecular formula is C21H19N3O5. The molecule has 0 spiro atoms.